The molecule has 2 aromatic carbocycles. The van der Waals surface area contributed by atoms with Gasteiger partial charge in [-0.15, -0.1) is 0 Å². The van der Waals surface area contributed by atoms with Crippen LogP contribution in [0, 0.1) is 11.8 Å². The van der Waals surface area contributed by atoms with E-state index >= 15 is 0 Å². The number of ketones is 3. The van der Waals surface area contributed by atoms with E-state index in [-0.39, 0.29) is 37.6 Å². The largest absolute Gasteiger partial charge is 0.454 e. The monoisotopic (exact) mass is 548 g/mol. The molecule has 9 nitrogen and oxygen atoms in total. The number of benzene rings is 2. The molecule has 1 saturated carbocycles. The van der Waals surface area contributed by atoms with Crippen molar-refractivity contribution < 1.29 is 33.4 Å². The topological polar surface area (TPSA) is 128 Å². The van der Waals surface area contributed by atoms with Gasteiger partial charge in [0, 0.05) is 35.8 Å². The Labute approximate surface area is 234 Å². The van der Waals surface area contributed by atoms with E-state index in [1.54, 1.807) is 39.0 Å². The van der Waals surface area contributed by atoms with E-state index in [1.165, 1.54) is 0 Å². The number of ether oxygens (including phenoxy) is 2. The van der Waals surface area contributed by atoms with Crippen molar-refractivity contribution in [1.29, 1.82) is 0 Å². The van der Waals surface area contributed by atoms with E-state index < -0.39 is 41.0 Å². The van der Waals surface area contributed by atoms with Gasteiger partial charge in [-0.1, -0.05) is 30.3 Å². The summed E-state index contributed by atoms with van der Waals surface area (Å²) in [6.45, 7) is 5.34. The van der Waals surface area contributed by atoms with Crippen LogP contribution in [0.25, 0.3) is 0 Å². The van der Waals surface area contributed by atoms with E-state index in [0.29, 0.717) is 36.3 Å². The number of carbonyl (C=O) groups is 5. The molecule has 1 fully saturated rings. The first-order valence-electron chi connectivity index (χ1n) is 13.7. The first kappa shape index (κ1) is 29.0. The van der Waals surface area contributed by atoms with Gasteiger partial charge in [0.05, 0.1) is 6.04 Å². The number of hydrogen-bond acceptors (Lipinski definition) is 7. The van der Waals surface area contributed by atoms with Gasteiger partial charge < -0.3 is 20.1 Å². The summed E-state index contributed by atoms with van der Waals surface area (Å²) in [6, 6.07) is 13.0. The number of Topliss-reactive ketones (excluding diaryl/α,β-unsaturated/α-hetero) is 3. The minimum atomic E-state index is -1.18. The molecule has 0 unspecified atom stereocenters. The van der Waals surface area contributed by atoms with Crippen molar-refractivity contribution in [3.05, 3.63) is 59.7 Å². The van der Waals surface area contributed by atoms with E-state index in [0.717, 1.165) is 5.56 Å². The van der Waals surface area contributed by atoms with Crippen molar-refractivity contribution in [1.82, 2.24) is 10.6 Å². The number of nitrogens with one attached hydrogen (secondary N) is 2. The highest BCUT2D eigenvalue weighted by Gasteiger charge is 2.36. The molecule has 212 valence electrons. The van der Waals surface area contributed by atoms with Gasteiger partial charge in [0.15, 0.2) is 17.3 Å². The van der Waals surface area contributed by atoms with Gasteiger partial charge >= 0.3 is 0 Å². The van der Waals surface area contributed by atoms with E-state index in [1.807, 2.05) is 30.3 Å². The maximum atomic E-state index is 13.7. The highest BCUT2D eigenvalue weighted by molar-refractivity contribution is 6.38. The summed E-state index contributed by atoms with van der Waals surface area (Å²) in [6.07, 6.45) is 1.92. The molecule has 0 aromatic heterocycles. The van der Waals surface area contributed by atoms with Gasteiger partial charge in [0.1, 0.15) is 5.78 Å². The molecule has 3 atom stereocenters. The Balaban J connectivity index is 1.55. The van der Waals surface area contributed by atoms with Crippen molar-refractivity contribution in [2.24, 2.45) is 11.8 Å². The minimum absolute atomic E-state index is 0.0297. The molecule has 4 rings (SSSR count). The average molecular weight is 549 g/mol. The first-order chi connectivity index (χ1) is 19.0. The third kappa shape index (κ3) is 7.55. The van der Waals surface area contributed by atoms with Gasteiger partial charge in [-0.25, -0.2) is 0 Å². The SMILES string of the molecule is CC(C)(C)NC(=O)C(=O)[C@H](C[C@@H]1CCCC1=O)NC(=O)[C@@H](CC(=O)c1ccc2c(c1)OCO2)Cc1ccccc1. The van der Waals surface area contributed by atoms with Crippen LogP contribution >= 0.6 is 0 Å². The maximum absolute atomic E-state index is 13.7. The lowest BCUT2D eigenvalue weighted by atomic mass is 9.89. The summed E-state index contributed by atoms with van der Waals surface area (Å²) in [7, 11) is 0. The molecule has 1 aliphatic heterocycles. The molecule has 2 aliphatic rings. The molecule has 0 bridgehead atoms. The first-order valence-corrected chi connectivity index (χ1v) is 13.7. The van der Waals surface area contributed by atoms with Crippen LogP contribution in [0.1, 0.15) is 68.8 Å². The van der Waals surface area contributed by atoms with Crippen molar-refractivity contribution >= 4 is 29.2 Å². The van der Waals surface area contributed by atoms with Crippen LogP contribution in [-0.2, 0) is 25.6 Å². The Morgan fingerprint density at radius 1 is 1.00 bits per heavy atom. The number of fused-ring (bicyclic) bond motifs is 1. The predicted molar refractivity (Wildman–Crippen MR) is 147 cm³/mol. The lowest BCUT2D eigenvalue weighted by Gasteiger charge is -2.25. The smallest absolute Gasteiger partial charge is 0.290 e. The highest BCUT2D eigenvalue weighted by atomic mass is 16.7. The molecular formula is C31H36N2O7. The predicted octanol–water partition coefficient (Wildman–Crippen LogP) is 3.57. The Morgan fingerprint density at radius 3 is 2.40 bits per heavy atom. The van der Waals surface area contributed by atoms with Crippen molar-refractivity contribution in [3.8, 4) is 11.5 Å². The van der Waals surface area contributed by atoms with E-state index in [9.17, 15) is 24.0 Å². The third-order valence-corrected chi connectivity index (χ3v) is 7.12. The van der Waals surface area contributed by atoms with Gasteiger partial charge in [0.2, 0.25) is 18.5 Å². The van der Waals surface area contributed by atoms with E-state index in [2.05, 4.69) is 10.6 Å². The van der Waals surface area contributed by atoms with Gasteiger partial charge in [0.25, 0.3) is 5.91 Å². The maximum Gasteiger partial charge on any atom is 0.290 e. The molecular weight excluding hydrogens is 512 g/mol. The minimum Gasteiger partial charge on any atom is -0.454 e. The summed E-state index contributed by atoms with van der Waals surface area (Å²) >= 11 is 0. The van der Waals surface area contributed by atoms with Crippen LogP contribution < -0.4 is 20.1 Å². The fourth-order valence-electron chi connectivity index (χ4n) is 5.07. The lowest BCUT2D eigenvalue weighted by molar-refractivity contribution is -0.141. The molecule has 1 aliphatic carbocycles. The van der Waals surface area contributed by atoms with Crippen molar-refractivity contribution in [2.75, 3.05) is 6.79 Å². The number of carbonyl (C=O) groups excluding carboxylic acids is 5. The van der Waals surface area contributed by atoms with Crippen LogP contribution in [-0.4, -0.2) is 47.5 Å². The fourth-order valence-corrected chi connectivity index (χ4v) is 5.07. The Hall–Kier alpha value is -4.01. The highest BCUT2D eigenvalue weighted by Crippen LogP contribution is 2.33. The van der Waals surface area contributed by atoms with Crippen LogP contribution in [0.3, 0.4) is 0 Å². The lowest BCUT2D eigenvalue weighted by Crippen LogP contribution is -2.53. The molecule has 2 aromatic rings. The summed E-state index contributed by atoms with van der Waals surface area (Å²) < 4.78 is 10.7. The fraction of sp³-hybridized carbons (Fsp3) is 0.452. The quantitative estimate of drug-likeness (QED) is 0.325. The molecule has 2 amide bonds. The molecule has 9 heteroatoms. The van der Waals surface area contributed by atoms with Gasteiger partial charge in [-0.3, -0.25) is 24.0 Å². The molecule has 1 heterocycles. The number of hydrogen-bond donors (Lipinski definition) is 2. The normalized spacial score (nSPS) is 17.7. The van der Waals surface area contributed by atoms with Gasteiger partial charge in [-0.2, -0.15) is 0 Å². The van der Waals surface area contributed by atoms with Gasteiger partial charge in [-0.05, 0) is 70.2 Å². The Kier molecular flexibility index (Phi) is 9.02. The Morgan fingerprint density at radius 2 is 1.73 bits per heavy atom. The van der Waals surface area contributed by atoms with E-state index in [4.69, 9.17) is 9.47 Å². The molecule has 40 heavy (non-hydrogen) atoms. The summed E-state index contributed by atoms with van der Waals surface area (Å²) in [4.78, 5) is 65.4. The van der Waals surface area contributed by atoms with Crippen LogP contribution in [0.15, 0.2) is 48.5 Å². The van der Waals surface area contributed by atoms with Crippen molar-refractivity contribution in [2.45, 2.75) is 70.9 Å². The van der Waals surface area contributed by atoms with Crippen LogP contribution in [0.2, 0.25) is 0 Å². The zero-order valence-corrected chi connectivity index (χ0v) is 23.2. The molecule has 0 saturated heterocycles. The zero-order chi connectivity index (χ0) is 28.9. The number of rotatable bonds is 11. The second kappa shape index (κ2) is 12.4. The Bertz CT molecular complexity index is 1280. The zero-order valence-electron chi connectivity index (χ0n) is 23.2. The summed E-state index contributed by atoms with van der Waals surface area (Å²) in [5.74, 6) is -2.60. The standard InChI is InChI=1S/C31H36N2O7/c1-31(2,3)33-30(38)28(36)23(15-20-10-7-11-24(20)34)32-29(37)22(14-19-8-5-4-6-9-19)16-25(35)21-12-13-26-27(17-21)40-18-39-26/h4-6,8-9,12-13,17,20,22-23H,7,10-11,14-16,18H2,1-3H3,(H,32,37)(H,33,38)/t20-,22+,23-/m0/s1. The molecule has 2 N–H and O–H groups in total. The van der Waals surface area contributed by atoms with Crippen LogP contribution in [0.5, 0.6) is 11.5 Å². The second-order valence-corrected chi connectivity index (χ2v) is 11.5. The van der Waals surface area contributed by atoms with Crippen molar-refractivity contribution in [3.63, 3.8) is 0 Å². The average Bonchev–Trinajstić information content (AvgIpc) is 3.55. The summed E-state index contributed by atoms with van der Waals surface area (Å²) in [5.41, 5.74) is 0.571. The summed E-state index contributed by atoms with van der Waals surface area (Å²) in [5, 5.41) is 5.40. The molecule has 0 radical (unpaired) electrons. The van der Waals surface area contributed by atoms with Crippen LogP contribution in [0.4, 0.5) is 0 Å². The second-order valence-electron chi connectivity index (χ2n) is 11.5. The third-order valence-electron chi connectivity index (χ3n) is 7.12. The number of amides is 2. The molecule has 0 spiro atoms.